The average molecular weight is 215 g/mol. The third-order valence-electron chi connectivity index (χ3n) is 2.95. The zero-order valence-corrected chi connectivity index (χ0v) is 9.99. The van der Waals surface area contributed by atoms with Gasteiger partial charge in [-0.05, 0) is 19.4 Å². The van der Waals surface area contributed by atoms with Crippen LogP contribution in [0.4, 0.5) is 0 Å². The number of aromatic nitrogens is 2. The SMILES string of the molecule is Cc1ccc(-c2nn(C)c(CN)c2C)cc1. The molecule has 3 heteroatoms. The van der Waals surface area contributed by atoms with Gasteiger partial charge in [0.15, 0.2) is 0 Å². The van der Waals surface area contributed by atoms with Crippen molar-refractivity contribution < 1.29 is 0 Å². The first-order valence-electron chi connectivity index (χ1n) is 5.43. The molecule has 0 aliphatic carbocycles. The molecule has 0 aliphatic rings. The second-order valence-electron chi connectivity index (χ2n) is 4.11. The van der Waals surface area contributed by atoms with Crippen molar-refractivity contribution in [3.63, 3.8) is 0 Å². The molecule has 2 rings (SSSR count). The van der Waals surface area contributed by atoms with Crippen molar-refractivity contribution >= 4 is 0 Å². The second kappa shape index (κ2) is 4.10. The minimum Gasteiger partial charge on any atom is -0.325 e. The molecule has 0 spiro atoms. The van der Waals surface area contributed by atoms with Crippen molar-refractivity contribution in [2.24, 2.45) is 12.8 Å². The number of hydrogen-bond acceptors (Lipinski definition) is 2. The van der Waals surface area contributed by atoms with Gasteiger partial charge in [-0.3, -0.25) is 4.68 Å². The van der Waals surface area contributed by atoms with Crippen LogP contribution in [-0.2, 0) is 13.6 Å². The molecule has 1 aromatic heterocycles. The van der Waals surface area contributed by atoms with Gasteiger partial charge in [0, 0.05) is 19.2 Å². The maximum atomic E-state index is 5.71. The quantitative estimate of drug-likeness (QED) is 0.834. The lowest BCUT2D eigenvalue weighted by Gasteiger charge is -1.99. The summed E-state index contributed by atoms with van der Waals surface area (Å²) in [7, 11) is 1.94. The van der Waals surface area contributed by atoms with E-state index in [0.717, 1.165) is 17.0 Å². The van der Waals surface area contributed by atoms with Gasteiger partial charge in [0.1, 0.15) is 0 Å². The number of aryl methyl sites for hydroxylation is 2. The summed E-state index contributed by atoms with van der Waals surface area (Å²) in [5.41, 5.74) is 11.4. The monoisotopic (exact) mass is 215 g/mol. The maximum absolute atomic E-state index is 5.71. The first kappa shape index (κ1) is 10.9. The molecule has 16 heavy (non-hydrogen) atoms. The Morgan fingerprint density at radius 1 is 1.19 bits per heavy atom. The lowest BCUT2D eigenvalue weighted by Crippen LogP contribution is -2.05. The molecule has 0 bridgehead atoms. The molecule has 0 saturated carbocycles. The van der Waals surface area contributed by atoms with Crippen LogP contribution in [-0.4, -0.2) is 9.78 Å². The molecule has 2 aromatic rings. The van der Waals surface area contributed by atoms with E-state index in [4.69, 9.17) is 5.73 Å². The number of nitrogens with zero attached hydrogens (tertiary/aromatic N) is 2. The van der Waals surface area contributed by atoms with Crippen LogP contribution >= 0.6 is 0 Å². The van der Waals surface area contributed by atoms with E-state index in [1.54, 1.807) is 0 Å². The summed E-state index contributed by atoms with van der Waals surface area (Å²) in [4.78, 5) is 0. The van der Waals surface area contributed by atoms with Crippen molar-refractivity contribution in [2.45, 2.75) is 20.4 Å². The molecule has 0 unspecified atom stereocenters. The third kappa shape index (κ3) is 1.74. The van der Waals surface area contributed by atoms with Crippen molar-refractivity contribution in [3.05, 3.63) is 41.1 Å². The van der Waals surface area contributed by atoms with Gasteiger partial charge in [0.05, 0.1) is 11.4 Å². The number of rotatable bonds is 2. The van der Waals surface area contributed by atoms with Crippen LogP contribution in [0.1, 0.15) is 16.8 Å². The highest BCUT2D eigenvalue weighted by Crippen LogP contribution is 2.24. The van der Waals surface area contributed by atoms with E-state index in [1.807, 2.05) is 11.7 Å². The molecule has 0 atom stereocenters. The molecule has 2 N–H and O–H groups in total. The van der Waals surface area contributed by atoms with Crippen molar-refractivity contribution in [2.75, 3.05) is 0 Å². The number of hydrogen-bond donors (Lipinski definition) is 1. The summed E-state index contributed by atoms with van der Waals surface area (Å²) < 4.78 is 1.87. The largest absolute Gasteiger partial charge is 0.325 e. The van der Waals surface area contributed by atoms with E-state index in [2.05, 4.69) is 43.2 Å². The Hall–Kier alpha value is -1.61. The van der Waals surface area contributed by atoms with Gasteiger partial charge in [0.2, 0.25) is 0 Å². The first-order valence-corrected chi connectivity index (χ1v) is 5.43. The second-order valence-corrected chi connectivity index (χ2v) is 4.11. The zero-order chi connectivity index (χ0) is 11.7. The molecule has 3 nitrogen and oxygen atoms in total. The van der Waals surface area contributed by atoms with E-state index < -0.39 is 0 Å². The van der Waals surface area contributed by atoms with Gasteiger partial charge in [-0.15, -0.1) is 0 Å². The summed E-state index contributed by atoms with van der Waals surface area (Å²) in [5.74, 6) is 0. The predicted molar refractivity (Wildman–Crippen MR) is 66.0 cm³/mol. The van der Waals surface area contributed by atoms with Crippen molar-refractivity contribution in [1.29, 1.82) is 0 Å². The third-order valence-corrected chi connectivity index (χ3v) is 2.95. The van der Waals surface area contributed by atoms with E-state index in [0.29, 0.717) is 6.54 Å². The Morgan fingerprint density at radius 3 is 2.31 bits per heavy atom. The fourth-order valence-electron chi connectivity index (χ4n) is 1.94. The van der Waals surface area contributed by atoms with E-state index in [9.17, 15) is 0 Å². The lowest BCUT2D eigenvalue weighted by molar-refractivity contribution is 0.712. The Labute approximate surface area is 95.9 Å². The van der Waals surface area contributed by atoms with Crippen LogP contribution in [0.3, 0.4) is 0 Å². The summed E-state index contributed by atoms with van der Waals surface area (Å²) in [6, 6.07) is 8.41. The average Bonchev–Trinajstić information content (AvgIpc) is 2.55. The van der Waals surface area contributed by atoms with Crippen LogP contribution in [0.25, 0.3) is 11.3 Å². The minimum absolute atomic E-state index is 0.529. The maximum Gasteiger partial charge on any atom is 0.0955 e. The van der Waals surface area contributed by atoms with E-state index >= 15 is 0 Å². The molecule has 84 valence electrons. The van der Waals surface area contributed by atoms with Crippen molar-refractivity contribution in [3.8, 4) is 11.3 Å². The Balaban J connectivity index is 2.52. The Morgan fingerprint density at radius 2 is 1.81 bits per heavy atom. The van der Waals surface area contributed by atoms with Crippen LogP contribution in [0.2, 0.25) is 0 Å². The summed E-state index contributed by atoms with van der Waals surface area (Å²) >= 11 is 0. The molecule has 0 amide bonds. The topological polar surface area (TPSA) is 43.8 Å². The minimum atomic E-state index is 0.529. The van der Waals surface area contributed by atoms with Gasteiger partial charge < -0.3 is 5.73 Å². The number of nitrogens with two attached hydrogens (primary N) is 1. The van der Waals surface area contributed by atoms with Gasteiger partial charge in [0.25, 0.3) is 0 Å². The summed E-state index contributed by atoms with van der Waals surface area (Å²) in [5, 5.41) is 4.52. The molecule has 0 fully saturated rings. The highest BCUT2D eigenvalue weighted by atomic mass is 15.3. The highest BCUT2D eigenvalue weighted by Gasteiger charge is 2.11. The van der Waals surface area contributed by atoms with Crippen LogP contribution < -0.4 is 5.73 Å². The fourth-order valence-corrected chi connectivity index (χ4v) is 1.94. The lowest BCUT2D eigenvalue weighted by atomic mass is 10.1. The Bertz CT molecular complexity index is 495. The fraction of sp³-hybridized carbons (Fsp3) is 0.308. The van der Waals surface area contributed by atoms with Crippen LogP contribution in [0, 0.1) is 13.8 Å². The molecule has 1 heterocycles. The van der Waals surface area contributed by atoms with Gasteiger partial charge in [-0.1, -0.05) is 29.8 Å². The molecule has 0 radical (unpaired) electrons. The molecular formula is C13H17N3. The summed E-state index contributed by atoms with van der Waals surface area (Å²) in [6.07, 6.45) is 0. The summed E-state index contributed by atoms with van der Waals surface area (Å²) in [6.45, 7) is 4.69. The van der Waals surface area contributed by atoms with Gasteiger partial charge in [-0.2, -0.15) is 5.10 Å². The van der Waals surface area contributed by atoms with Crippen molar-refractivity contribution in [1.82, 2.24) is 9.78 Å². The van der Waals surface area contributed by atoms with E-state index in [1.165, 1.54) is 11.1 Å². The molecule has 0 saturated heterocycles. The van der Waals surface area contributed by atoms with Gasteiger partial charge in [-0.25, -0.2) is 0 Å². The standard InChI is InChI=1S/C13H17N3/c1-9-4-6-11(7-5-9)13-10(2)12(8-14)16(3)15-13/h4-7H,8,14H2,1-3H3. The first-order chi connectivity index (χ1) is 7.63. The molecule has 0 aliphatic heterocycles. The smallest absolute Gasteiger partial charge is 0.0955 e. The highest BCUT2D eigenvalue weighted by molar-refractivity contribution is 5.64. The van der Waals surface area contributed by atoms with Gasteiger partial charge >= 0.3 is 0 Å². The Kier molecular flexibility index (Phi) is 2.79. The van der Waals surface area contributed by atoms with E-state index in [-0.39, 0.29) is 0 Å². The zero-order valence-electron chi connectivity index (χ0n) is 9.99. The van der Waals surface area contributed by atoms with Crippen LogP contribution in [0.15, 0.2) is 24.3 Å². The van der Waals surface area contributed by atoms with Crippen LogP contribution in [0.5, 0.6) is 0 Å². The molecule has 1 aromatic carbocycles. The molecular weight excluding hydrogens is 198 g/mol. The predicted octanol–water partition coefficient (Wildman–Crippen LogP) is 2.16. The number of benzene rings is 1. The normalized spacial score (nSPS) is 10.8.